The summed E-state index contributed by atoms with van der Waals surface area (Å²) >= 11 is 0. The Kier molecular flexibility index (Phi) is 3.73. The maximum atomic E-state index is 12.1. The fourth-order valence-corrected chi connectivity index (χ4v) is 2.60. The number of benzene rings is 2. The van der Waals surface area contributed by atoms with Gasteiger partial charge in [-0.25, -0.2) is 8.42 Å². The largest absolute Gasteiger partial charge is 0.399 e. The van der Waals surface area contributed by atoms with Gasteiger partial charge >= 0.3 is 0 Å². The molecule has 0 unspecified atom stereocenters. The summed E-state index contributed by atoms with van der Waals surface area (Å²) in [5.74, 6) is 0. The second-order valence-corrected chi connectivity index (χ2v) is 5.71. The fourth-order valence-electron chi connectivity index (χ4n) is 1.54. The van der Waals surface area contributed by atoms with Crippen molar-refractivity contribution in [3.05, 3.63) is 54.1 Å². The van der Waals surface area contributed by atoms with Crippen LogP contribution >= 0.6 is 0 Å². The molecule has 2 aromatic rings. The third-order valence-electron chi connectivity index (χ3n) is 2.58. The van der Waals surface area contributed by atoms with Gasteiger partial charge in [0.2, 0.25) is 0 Å². The average molecular weight is 278 g/mol. The molecular weight excluding hydrogens is 264 g/mol. The average Bonchev–Trinajstić information content (AvgIpc) is 2.40. The molecular formula is C13H14N2O3S. The first kappa shape index (κ1) is 13.4. The summed E-state index contributed by atoms with van der Waals surface area (Å²) in [7, 11) is -3.62. The summed E-state index contributed by atoms with van der Waals surface area (Å²) in [6, 6.07) is 12.5. The van der Waals surface area contributed by atoms with Gasteiger partial charge in [0, 0.05) is 11.4 Å². The summed E-state index contributed by atoms with van der Waals surface area (Å²) in [4.78, 5) is 0.146. The number of nitrogens with one attached hydrogen (secondary N) is 1. The molecule has 0 aromatic heterocycles. The molecule has 0 bridgehead atoms. The number of hydrogen-bond donors (Lipinski definition) is 3. The van der Waals surface area contributed by atoms with E-state index < -0.39 is 10.0 Å². The standard InChI is InChI=1S/C13H14N2O3S/c14-11-3-7-13(8-4-11)19(17,18)15-12-5-1-10(9-16)2-6-12/h1-8,15-16H,9,14H2. The van der Waals surface area contributed by atoms with Gasteiger partial charge in [-0.1, -0.05) is 12.1 Å². The monoisotopic (exact) mass is 278 g/mol. The summed E-state index contributed by atoms with van der Waals surface area (Å²) in [6.07, 6.45) is 0. The maximum absolute atomic E-state index is 12.1. The highest BCUT2D eigenvalue weighted by molar-refractivity contribution is 7.92. The number of aliphatic hydroxyl groups excluding tert-OH is 1. The second-order valence-electron chi connectivity index (χ2n) is 4.03. The minimum atomic E-state index is -3.62. The molecule has 0 saturated carbocycles. The summed E-state index contributed by atoms with van der Waals surface area (Å²) in [6.45, 7) is -0.0784. The van der Waals surface area contributed by atoms with E-state index in [9.17, 15) is 8.42 Å². The molecule has 0 aliphatic carbocycles. The van der Waals surface area contributed by atoms with Crippen LogP contribution in [0.5, 0.6) is 0 Å². The van der Waals surface area contributed by atoms with E-state index in [1.807, 2.05) is 0 Å². The molecule has 0 aliphatic heterocycles. The minimum absolute atomic E-state index is 0.0784. The molecule has 0 heterocycles. The maximum Gasteiger partial charge on any atom is 0.261 e. The predicted octanol–water partition coefficient (Wildman–Crippen LogP) is 1.56. The Balaban J connectivity index is 2.23. The van der Waals surface area contributed by atoms with E-state index in [1.54, 1.807) is 24.3 Å². The SMILES string of the molecule is Nc1ccc(S(=O)(=O)Nc2ccc(CO)cc2)cc1. The lowest BCUT2D eigenvalue weighted by Gasteiger charge is -2.08. The molecule has 0 amide bonds. The summed E-state index contributed by atoms with van der Waals surface area (Å²) in [5, 5.41) is 8.91. The molecule has 19 heavy (non-hydrogen) atoms. The molecule has 0 saturated heterocycles. The van der Waals surface area contributed by atoms with E-state index in [0.29, 0.717) is 11.4 Å². The third-order valence-corrected chi connectivity index (χ3v) is 3.98. The predicted molar refractivity (Wildman–Crippen MR) is 74.0 cm³/mol. The van der Waals surface area contributed by atoms with Crippen LogP contribution in [0, 0.1) is 0 Å². The normalized spacial score (nSPS) is 11.2. The molecule has 6 heteroatoms. The zero-order chi connectivity index (χ0) is 13.9. The van der Waals surface area contributed by atoms with Crippen molar-refractivity contribution in [2.24, 2.45) is 0 Å². The Bertz CT molecular complexity index is 649. The smallest absolute Gasteiger partial charge is 0.261 e. The lowest BCUT2D eigenvalue weighted by atomic mass is 10.2. The second kappa shape index (κ2) is 5.29. The Hall–Kier alpha value is -2.05. The van der Waals surface area contributed by atoms with Crippen LogP contribution in [-0.4, -0.2) is 13.5 Å². The lowest BCUT2D eigenvalue weighted by Crippen LogP contribution is -2.12. The number of rotatable bonds is 4. The molecule has 100 valence electrons. The summed E-state index contributed by atoms with van der Waals surface area (Å²) < 4.78 is 26.6. The van der Waals surface area contributed by atoms with Crippen molar-refractivity contribution in [1.82, 2.24) is 0 Å². The zero-order valence-electron chi connectivity index (χ0n) is 10.1. The van der Waals surface area contributed by atoms with Gasteiger partial charge in [0.25, 0.3) is 10.0 Å². The number of nitrogens with two attached hydrogens (primary N) is 1. The highest BCUT2D eigenvalue weighted by Gasteiger charge is 2.13. The first-order valence-electron chi connectivity index (χ1n) is 5.59. The van der Waals surface area contributed by atoms with Crippen molar-refractivity contribution < 1.29 is 13.5 Å². The highest BCUT2D eigenvalue weighted by atomic mass is 32.2. The van der Waals surface area contributed by atoms with Crippen molar-refractivity contribution in [2.75, 3.05) is 10.5 Å². The van der Waals surface area contributed by atoms with Crippen LogP contribution in [0.4, 0.5) is 11.4 Å². The molecule has 0 aliphatic rings. The Morgan fingerprint density at radius 3 is 2.11 bits per heavy atom. The molecule has 0 radical (unpaired) electrons. The van der Waals surface area contributed by atoms with Gasteiger partial charge in [-0.05, 0) is 42.0 Å². The fraction of sp³-hybridized carbons (Fsp3) is 0.0769. The molecule has 5 nitrogen and oxygen atoms in total. The van der Waals surface area contributed by atoms with Gasteiger partial charge in [0.05, 0.1) is 11.5 Å². The van der Waals surface area contributed by atoms with Crippen LogP contribution in [-0.2, 0) is 16.6 Å². The van der Waals surface area contributed by atoms with E-state index in [4.69, 9.17) is 10.8 Å². The highest BCUT2D eigenvalue weighted by Crippen LogP contribution is 2.17. The van der Waals surface area contributed by atoms with E-state index in [1.165, 1.54) is 24.3 Å². The Labute approximate surface area is 111 Å². The molecule has 0 spiro atoms. The van der Waals surface area contributed by atoms with Crippen molar-refractivity contribution in [2.45, 2.75) is 11.5 Å². The number of sulfonamides is 1. The number of anilines is 2. The number of aliphatic hydroxyl groups is 1. The molecule has 4 N–H and O–H groups in total. The van der Waals surface area contributed by atoms with Crippen molar-refractivity contribution >= 4 is 21.4 Å². The molecule has 0 atom stereocenters. The van der Waals surface area contributed by atoms with Crippen LogP contribution in [0.25, 0.3) is 0 Å². The third kappa shape index (κ3) is 3.24. The van der Waals surface area contributed by atoms with Crippen LogP contribution in [0.1, 0.15) is 5.56 Å². The van der Waals surface area contributed by atoms with Gasteiger partial charge in [0.15, 0.2) is 0 Å². The van der Waals surface area contributed by atoms with Gasteiger partial charge in [-0.2, -0.15) is 0 Å². The number of nitrogen functional groups attached to an aromatic ring is 1. The van der Waals surface area contributed by atoms with Gasteiger partial charge < -0.3 is 10.8 Å². The first-order valence-corrected chi connectivity index (χ1v) is 7.08. The quantitative estimate of drug-likeness (QED) is 0.740. The van der Waals surface area contributed by atoms with Crippen LogP contribution in [0.2, 0.25) is 0 Å². The first-order chi connectivity index (χ1) is 9.01. The van der Waals surface area contributed by atoms with Gasteiger partial charge in [-0.3, -0.25) is 4.72 Å². The van der Waals surface area contributed by atoms with Crippen LogP contribution in [0.3, 0.4) is 0 Å². The zero-order valence-corrected chi connectivity index (χ0v) is 10.9. The van der Waals surface area contributed by atoms with E-state index in [2.05, 4.69) is 4.72 Å². The van der Waals surface area contributed by atoms with Crippen molar-refractivity contribution in [3.63, 3.8) is 0 Å². The summed E-state index contributed by atoms with van der Waals surface area (Å²) in [5.41, 5.74) is 7.18. The van der Waals surface area contributed by atoms with Crippen LogP contribution < -0.4 is 10.5 Å². The number of hydrogen-bond acceptors (Lipinski definition) is 4. The van der Waals surface area contributed by atoms with E-state index in [-0.39, 0.29) is 11.5 Å². The molecule has 0 fully saturated rings. The van der Waals surface area contributed by atoms with Gasteiger partial charge in [-0.15, -0.1) is 0 Å². The van der Waals surface area contributed by atoms with E-state index in [0.717, 1.165) is 5.56 Å². The molecule has 2 aromatic carbocycles. The van der Waals surface area contributed by atoms with Gasteiger partial charge in [0.1, 0.15) is 0 Å². The Morgan fingerprint density at radius 1 is 1.00 bits per heavy atom. The lowest BCUT2D eigenvalue weighted by molar-refractivity contribution is 0.282. The minimum Gasteiger partial charge on any atom is -0.399 e. The van der Waals surface area contributed by atoms with E-state index >= 15 is 0 Å². The van der Waals surface area contributed by atoms with Crippen molar-refractivity contribution in [1.29, 1.82) is 0 Å². The molecule has 2 rings (SSSR count). The topological polar surface area (TPSA) is 92.4 Å². The van der Waals surface area contributed by atoms with Crippen LogP contribution in [0.15, 0.2) is 53.4 Å². The van der Waals surface area contributed by atoms with Crippen molar-refractivity contribution in [3.8, 4) is 0 Å². The Morgan fingerprint density at radius 2 is 1.58 bits per heavy atom.